The predicted octanol–water partition coefficient (Wildman–Crippen LogP) is 4.19. The summed E-state index contributed by atoms with van der Waals surface area (Å²) >= 11 is 10.6. The maximum atomic E-state index is 11.4. The number of rotatable bonds is 2. The molecule has 0 atom stereocenters. The topological polar surface area (TPSA) is 38.3 Å². The summed E-state index contributed by atoms with van der Waals surface area (Å²) in [4.78, 5) is 12.3. The van der Waals surface area contributed by atoms with Crippen LogP contribution in [0.2, 0.25) is 4.34 Å². The van der Waals surface area contributed by atoms with E-state index in [2.05, 4.69) is 21.2 Å². The Balaban J connectivity index is 2.43. The molecule has 6 heteroatoms. The molecule has 16 heavy (non-hydrogen) atoms. The van der Waals surface area contributed by atoms with Crippen molar-refractivity contribution >= 4 is 45.0 Å². The van der Waals surface area contributed by atoms with Gasteiger partial charge in [-0.05, 0) is 42.8 Å². The monoisotopic (exact) mass is 325 g/mol. The van der Waals surface area contributed by atoms with E-state index in [1.54, 1.807) is 0 Å². The van der Waals surface area contributed by atoms with Crippen LogP contribution in [-0.2, 0) is 11.3 Å². The van der Waals surface area contributed by atoms with Gasteiger partial charge in [0.25, 0.3) is 0 Å². The highest BCUT2D eigenvalue weighted by molar-refractivity contribution is 9.10. The van der Waals surface area contributed by atoms with Crippen LogP contribution < -0.4 is 5.32 Å². The Morgan fingerprint density at radius 1 is 1.62 bits per heavy atom. The molecule has 0 bridgehead atoms. The number of alkyl carbamates (subject to hydrolysis) is 1. The summed E-state index contributed by atoms with van der Waals surface area (Å²) in [6, 6.07) is 1.88. The van der Waals surface area contributed by atoms with Crippen LogP contribution in [0.15, 0.2) is 10.5 Å². The van der Waals surface area contributed by atoms with Gasteiger partial charge in [0.1, 0.15) is 9.94 Å². The number of nitrogens with one attached hydrogen (secondary N) is 1. The molecule has 0 aliphatic heterocycles. The van der Waals surface area contributed by atoms with Crippen molar-refractivity contribution in [3.05, 3.63) is 19.8 Å². The smallest absolute Gasteiger partial charge is 0.407 e. The lowest BCUT2D eigenvalue weighted by Crippen LogP contribution is -2.31. The van der Waals surface area contributed by atoms with Crippen LogP contribution in [0.3, 0.4) is 0 Å². The molecule has 1 N–H and O–H groups in total. The molecular weight excluding hydrogens is 314 g/mol. The van der Waals surface area contributed by atoms with Crippen molar-refractivity contribution in [2.24, 2.45) is 0 Å². The maximum absolute atomic E-state index is 11.4. The number of amides is 1. The summed E-state index contributed by atoms with van der Waals surface area (Å²) in [5.74, 6) is 0. The van der Waals surface area contributed by atoms with Crippen LogP contribution in [0.1, 0.15) is 25.6 Å². The summed E-state index contributed by atoms with van der Waals surface area (Å²) in [6.07, 6.45) is -0.423. The van der Waals surface area contributed by atoms with Gasteiger partial charge in [-0.15, -0.1) is 11.3 Å². The van der Waals surface area contributed by atoms with Gasteiger partial charge in [-0.25, -0.2) is 4.79 Å². The Bertz CT molecular complexity index is 367. The Hall–Kier alpha value is -0.260. The highest BCUT2D eigenvalue weighted by Crippen LogP contribution is 2.31. The zero-order valence-electron chi connectivity index (χ0n) is 9.27. The van der Waals surface area contributed by atoms with E-state index in [1.165, 1.54) is 11.3 Å². The standard InChI is InChI=1S/C10H13BrClNO2S/c1-10(2,3)15-9(14)13-5-6-4-7(11)8(12)16-6/h4H,5H2,1-3H3,(H,13,14). The Morgan fingerprint density at radius 2 is 2.25 bits per heavy atom. The summed E-state index contributed by atoms with van der Waals surface area (Å²) in [5, 5.41) is 2.67. The summed E-state index contributed by atoms with van der Waals surface area (Å²) in [5.41, 5.74) is -0.474. The van der Waals surface area contributed by atoms with Crippen LogP contribution in [0.4, 0.5) is 4.79 Å². The van der Waals surface area contributed by atoms with Crippen molar-refractivity contribution in [1.82, 2.24) is 5.32 Å². The molecule has 0 aromatic carbocycles. The molecule has 0 saturated carbocycles. The maximum Gasteiger partial charge on any atom is 0.407 e. The van der Waals surface area contributed by atoms with E-state index >= 15 is 0 Å². The summed E-state index contributed by atoms with van der Waals surface area (Å²) in [7, 11) is 0. The Labute approximate surface area is 112 Å². The molecule has 90 valence electrons. The zero-order chi connectivity index (χ0) is 12.3. The molecule has 0 radical (unpaired) electrons. The van der Waals surface area contributed by atoms with Crippen molar-refractivity contribution < 1.29 is 9.53 Å². The van der Waals surface area contributed by atoms with Crippen molar-refractivity contribution in [3.63, 3.8) is 0 Å². The van der Waals surface area contributed by atoms with Crippen LogP contribution in [-0.4, -0.2) is 11.7 Å². The SMILES string of the molecule is CC(C)(C)OC(=O)NCc1cc(Br)c(Cl)s1. The van der Waals surface area contributed by atoms with E-state index < -0.39 is 11.7 Å². The van der Waals surface area contributed by atoms with E-state index in [1.807, 2.05) is 26.8 Å². The molecular formula is C10H13BrClNO2S. The number of hydrogen-bond donors (Lipinski definition) is 1. The van der Waals surface area contributed by atoms with E-state index in [0.717, 1.165) is 9.35 Å². The first kappa shape index (κ1) is 13.8. The van der Waals surface area contributed by atoms with Gasteiger partial charge in [-0.3, -0.25) is 0 Å². The fourth-order valence-electron chi connectivity index (χ4n) is 0.952. The van der Waals surface area contributed by atoms with Crippen LogP contribution in [0.5, 0.6) is 0 Å². The lowest BCUT2D eigenvalue weighted by Gasteiger charge is -2.19. The number of halogens is 2. The van der Waals surface area contributed by atoms with Gasteiger partial charge >= 0.3 is 6.09 Å². The third kappa shape index (κ3) is 4.72. The van der Waals surface area contributed by atoms with Gasteiger partial charge in [0.15, 0.2) is 0 Å². The third-order valence-electron chi connectivity index (χ3n) is 1.50. The molecule has 0 fully saturated rings. The predicted molar refractivity (Wildman–Crippen MR) is 70.1 cm³/mol. The van der Waals surface area contributed by atoms with Crippen molar-refractivity contribution in [2.45, 2.75) is 32.9 Å². The minimum Gasteiger partial charge on any atom is -0.444 e. The van der Waals surface area contributed by atoms with Crippen LogP contribution in [0.25, 0.3) is 0 Å². The van der Waals surface area contributed by atoms with E-state index in [0.29, 0.717) is 10.9 Å². The van der Waals surface area contributed by atoms with Crippen molar-refractivity contribution in [2.75, 3.05) is 0 Å². The normalized spacial score (nSPS) is 11.3. The Morgan fingerprint density at radius 3 is 2.69 bits per heavy atom. The highest BCUT2D eigenvalue weighted by atomic mass is 79.9. The van der Waals surface area contributed by atoms with Gasteiger partial charge in [-0.1, -0.05) is 11.6 Å². The molecule has 1 heterocycles. The second-order valence-electron chi connectivity index (χ2n) is 4.19. The number of hydrogen-bond acceptors (Lipinski definition) is 3. The zero-order valence-corrected chi connectivity index (χ0v) is 12.4. The van der Waals surface area contributed by atoms with Gasteiger partial charge in [0.05, 0.1) is 6.54 Å². The number of carbonyl (C=O) groups excluding carboxylic acids is 1. The molecule has 0 saturated heterocycles. The molecule has 0 spiro atoms. The summed E-state index contributed by atoms with van der Waals surface area (Å²) in [6.45, 7) is 5.90. The molecule has 0 unspecified atom stereocenters. The highest BCUT2D eigenvalue weighted by Gasteiger charge is 2.16. The average molecular weight is 327 g/mol. The lowest BCUT2D eigenvalue weighted by molar-refractivity contribution is 0.0524. The second kappa shape index (κ2) is 5.38. The second-order valence-corrected chi connectivity index (χ2v) is 6.78. The number of thiophene rings is 1. The largest absolute Gasteiger partial charge is 0.444 e. The summed E-state index contributed by atoms with van der Waals surface area (Å²) < 4.78 is 6.64. The Kier molecular flexibility index (Phi) is 4.64. The van der Waals surface area contributed by atoms with E-state index in [9.17, 15) is 4.79 Å². The molecule has 1 aromatic rings. The van der Waals surface area contributed by atoms with E-state index in [-0.39, 0.29) is 0 Å². The molecule has 0 aliphatic carbocycles. The van der Waals surface area contributed by atoms with Crippen molar-refractivity contribution in [3.8, 4) is 0 Å². The molecule has 3 nitrogen and oxygen atoms in total. The van der Waals surface area contributed by atoms with Crippen LogP contribution >= 0.6 is 38.9 Å². The average Bonchev–Trinajstić information content (AvgIpc) is 2.40. The van der Waals surface area contributed by atoms with Gasteiger partial charge in [-0.2, -0.15) is 0 Å². The molecule has 0 aliphatic rings. The van der Waals surface area contributed by atoms with Gasteiger partial charge in [0.2, 0.25) is 0 Å². The third-order valence-corrected chi connectivity index (χ3v) is 3.98. The van der Waals surface area contributed by atoms with E-state index in [4.69, 9.17) is 16.3 Å². The lowest BCUT2D eigenvalue weighted by atomic mass is 10.2. The minimum absolute atomic E-state index is 0.422. The first-order valence-electron chi connectivity index (χ1n) is 4.68. The van der Waals surface area contributed by atoms with Gasteiger partial charge < -0.3 is 10.1 Å². The first-order chi connectivity index (χ1) is 7.28. The van der Waals surface area contributed by atoms with Gasteiger partial charge in [0, 0.05) is 9.35 Å². The molecule has 1 amide bonds. The fraction of sp³-hybridized carbons (Fsp3) is 0.500. The number of ether oxygens (including phenoxy) is 1. The molecule has 1 aromatic heterocycles. The van der Waals surface area contributed by atoms with Crippen molar-refractivity contribution in [1.29, 1.82) is 0 Å². The number of carbonyl (C=O) groups is 1. The fourth-order valence-corrected chi connectivity index (χ4v) is 2.68. The molecule has 1 rings (SSSR count). The minimum atomic E-state index is -0.474. The van der Waals surface area contributed by atoms with Crippen LogP contribution in [0, 0.1) is 0 Å². The first-order valence-corrected chi connectivity index (χ1v) is 6.67. The quantitative estimate of drug-likeness (QED) is 0.885.